The molecule has 0 radical (unpaired) electrons. The highest BCUT2D eigenvalue weighted by atomic mass is 16.7. The number of carbonyl (C=O) groups excluding carboxylic acids is 3. The molecule has 0 saturated carbocycles. The number of amides is 2. The van der Waals surface area contributed by atoms with Crippen molar-refractivity contribution in [1.29, 1.82) is 0 Å². The van der Waals surface area contributed by atoms with Gasteiger partial charge in [-0.3, -0.25) is 0 Å². The number of nitrogens with zero attached hydrogens (tertiary/aromatic N) is 1. The molecule has 0 spiro atoms. The lowest BCUT2D eigenvalue weighted by atomic mass is 10.3. The normalized spacial score (nSPS) is 11.6. The maximum absolute atomic E-state index is 12.0. The summed E-state index contributed by atoms with van der Waals surface area (Å²) in [5, 5.41) is 0.896. The van der Waals surface area contributed by atoms with Gasteiger partial charge in [-0.15, -0.1) is 0 Å². The van der Waals surface area contributed by atoms with Gasteiger partial charge in [0.15, 0.2) is 0 Å². The summed E-state index contributed by atoms with van der Waals surface area (Å²) >= 11 is 0. The van der Waals surface area contributed by atoms with Crippen molar-refractivity contribution in [2.24, 2.45) is 0 Å². The molecule has 0 fully saturated rings. The van der Waals surface area contributed by atoms with E-state index in [0.717, 1.165) is 12.1 Å². The molecule has 0 aliphatic heterocycles. The zero-order valence-corrected chi connectivity index (χ0v) is 13.7. The van der Waals surface area contributed by atoms with Crippen LogP contribution < -0.4 is 5.43 Å². The summed E-state index contributed by atoms with van der Waals surface area (Å²) in [6.07, 6.45) is -3.25. The van der Waals surface area contributed by atoms with Crippen molar-refractivity contribution in [3.63, 3.8) is 0 Å². The Hall–Kier alpha value is -2.19. The van der Waals surface area contributed by atoms with Crippen LogP contribution in [0.5, 0.6) is 0 Å². The van der Waals surface area contributed by atoms with Gasteiger partial charge in [0.05, 0.1) is 25.4 Å². The Kier molecular flexibility index (Phi) is 8.73. The number of nitrogens with one attached hydrogen (secondary N) is 1. The molecule has 0 heterocycles. The van der Waals surface area contributed by atoms with Gasteiger partial charge in [0.1, 0.15) is 6.61 Å². The average Bonchev–Trinajstić information content (AvgIpc) is 2.39. The van der Waals surface area contributed by atoms with E-state index < -0.39 is 24.4 Å². The van der Waals surface area contributed by atoms with Crippen LogP contribution in [-0.2, 0) is 18.9 Å². The van der Waals surface area contributed by atoms with E-state index in [2.05, 4.69) is 10.2 Å². The standard InChI is InChI=1S/C13H24N2O7/c1-8(2)21-11(16)14-15(12(17)22-9(3)4)10(5)7-20-13(18)19-6/h8-10H,7H2,1-6H3,(H,14,16). The molecule has 1 unspecified atom stereocenters. The van der Waals surface area contributed by atoms with E-state index in [1.54, 1.807) is 34.6 Å². The third-order valence-electron chi connectivity index (χ3n) is 2.14. The van der Waals surface area contributed by atoms with Gasteiger partial charge in [0, 0.05) is 0 Å². The Bertz CT molecular complexity index is 385. The Labute approximate surface area is 129 Å². The van der Waals surface area contributed by atoms with Gasteiger partial charge >= 0.3 is 18.3 Å². The number of carbonyl (C=O) groups is 3. The van der Waals surface area contributed by atoms with Crippen LogP contribution in [0, 0.1) is 0 Å². The molecular formula is C13H24N2O7. The first-order chi connectivity index (χ1) is 10.2. The largest absolute Gasteiger partial charge is 0.508 e. The molecule has 22 heavy (non-hydrogen) atoms. The summed E-state index contributed by atoms with van der Waals surface area (Å²) in [4.78, 5) is 34.6. The molecule has 0 aromatic carbocycles. The number of hydrazine groups is 1. The molecule has 0 aliphatic rings. The smallest absolute Gasteiger partial charge is 0.446 e. The van der Waals surface area contributed by atoms with Gasteiger partial charge in [-0.05, 0) is 34.6 Å². The molecule has 128 valence electrons. The van der Waals surface area contributed by atoms with Crippen LogP contribution in [-0.4, -0.2) is 55.3 Å². The fourth-order valence-electron chi connectivity index (χ4n) is 1.26. The lowest BCUT2D eigenvalue weighted by Gasteiger charge is -2.28. The monoisotopic (exact) mass is 320 g/mol. The highest BCUT2D eigenvalue weighted by molar-refractivity contribution is 5.74. The lowest BCUT2D eigenvalue weighted by molar-refractivity contribution is 0.0104. The van der Waals surface area contributed by atoms with Gasteiger partial charge in [0.2, 0.25) is 0 Å². The Morgan fingerprint density at radius 2 is 1.55 bits per heavy atom. The number of ether oxygens (including phenoxy) is 4. The molecular weight excluding hydrogens is 296 g/mol. The number of rotatable bonds is 5. The minimum absolute atomic E-state index is 0.193. The van der Waals surface area contributed by atoms with Crippen LogP contribution in [0.1, 0.15) is 34.6 Å². The minimum atomic E-state index is -0.895. The molecule has 0 bridgehead atoms. The van der Waals surface area contributed by atoms with Gasteiger partial charge in [-0.25, -0.2) is 24.8 Å². The highest BCUT2D eigenvalue weighted by Gasteiger charge is 2.26. The molecule has 0 aliphatic carbocycles. The van der Waals surface area contributed by atoms with E-state index in [-0.39, 0.29) is 18.8 Å². The maximum Gasteiger partial charge on any atom is 0.508 e. The maximum atomic E-state index is 12.0. The third kappa shape index (κ3) is 8.18. The van der Waals surface area contributed by atoms with Crippen molar-refractivity contribution in [2.75, 3.05) is 13.7 Å². The summed E-state index contributed by atoms with van der Waals surface area (Å²) in [6.45, 7) is 8.03. The Balaban J connectivity index is 4.79. The van der Waals surface area contributed by atoms with E-state index in [1.807, 2.05) is 0 Å². The second kappa shape index (κ2) is 9.69. The van der Waals surface area contributed by atoms with Crippen LogP contribution in [0.15, 0.2) is 0 Å². The predicted octanol–water partition coefficient (Wildman–Crippen LogP) is 2.05. The summed E-state index contributed by atoms with van der Waals surface area (Å²) in [5.41, 5.74) is 2.26. The molecule has 0 aromatic heterocycles. The first-order valence-electron chi connectivity index (χ1n) is 6.85. The molecule has 0 saturated heterocycles. The molecule has 9 nitrogen and oxygen atoms in total. The SMILES string of the molecule is COC(=O)OCC(C)N(NC(=O)OC(C)C)C(=O)OC(C)C. The van der Waals surface area contributed by atoms with E-state index in [0.29, 0.717) is 0 Å². The number of hydrogen-bond donors (Lipinski definition) is 1. The second-order valence-electron chi connectivity index (χ2n) is 4.98. The minimum Gasteiger partial charge on any atom is -0.446 e. The van der Waals surface area contributed by atoms with E-state index in [4.69, 9.17) is 14.2 Å². The fourth-order valence-corrected chi connectivity index (χ4v) is 1.26. The van der Waals surface area contributed by atoms with E-state index >= 15 is 0 Å². The van der Waals surface area contributed by atoms with Crippen molar-refractivity contribution < 1.29 is 33.3 Å². The van der Waals surface area contributed by atoms with Crippen molar-refractivity contribution in [3.8, 4) is 0 Å². The number of methoxy groups -OCH3 is 1. The van der Waals surface area contributed by atoms with Gasteiger partial charge in [0.25, 0.3) is 0 Å². The van der Waals surface area contributed by atoms with Crippen LogP contribution in [0.4, 0.5) is 14.4 Å². The van der Waals surface area contributed by atoms with Crippen LogP contribution >= 0.6 is 0 Å². The quantitative estimate of drug-likeness (QED) is 0.469. The zero-order valence-electron chi connectivity index (χ0n) is 13.7. The highest BCUT2D eigenvalue weighted by Crippen LogP contribution is 2.04. The third-order valence-corrected chi connectivity index (χ3v) is 2.14. The molecule has 1 atom stereocenters. The summed E-state index contributed by atoms with van der Waals surface area (Å²) in [7, 11) is 1.16. The van der Waals surface area contributed by atoms with Gasteiger partial charge in [-0.1, -0.05) is 0 Å². The number of hydrogen-bond acceptors (Lipinski definition) is 7. The van der Waals surface area contributed by atoms with E-state index in [9.17, 15) is 14.4 Å². The summed E-state index contributed by atoms with van der Waals surface area (Å²) in [5.74, 6) is 0. The fraction of sp³-hybridized carbons (Fsp3) is 0.769. The Morgan fingerprint density at radius 3 is 2.00 bits per heavy atom. The van der Waals surface area contributed by atoms with Gasteiger partial charge < -0.3 is 18.9 Å². The van der Waals surface area contributed by atoms with Crippen molar-refractivity contribution >= 4 is 18.3 Å². The zero-order chi connectivity index (χ0) is 17.3. The first-order valence-corrected chi connectivity index (χ1v) is 6.85. The van der Waals surface area contributed by atoms with Crippen molar-refractivity contribution in [2.45, 2.75) is 52.9 Å². The Morgan fingerprint density at radius 1 is 1.00 bits per heavy atom. The topological polar surface area (TPSA) is 103 Å². The van der Waals surface area contributed by atoms with E-state index in [1.165, 1.54) is 0 Å². The van der Waals surface area contributed by atoms with Crippen LogP contribution in [0.25, 0.3) is 0 Å². The molecule has 1 N–H and O–H groups in total. The predicted molar refractivity (Wildman–Crippen MR) is 76.0 cm³/mol. The van der Waals surface area contributed by atoms with Gasteiger partial charge in [-0.2, -0.15) is 0 Å². The van der Waals surface area contributed by atoms with Crippen LogP contribution in [0.3, 0.4) is 0 Å². The molecule has 2 amide bonds. The van der Waals surface area contributed by atoms with Crippen LogP contribution in [0.2, 0.25) is 0 Å². The van der Waals surface area contributed by atoms with Crippen molar-refractivity contribution in [3.05, 3.63) is 0 Å². The second-order valence-corrected chi connectivity index (χ2v) is 4.98. The summed E-state index contributed by atoms with van der Waals surface area (Å²) in [6, 6.07) is -0.690. The molecule has 9 heteroatoms. The summed E-state index contributed by atoms with van der Waals surface area (Å²) < 4.78 is 19.0. The van der Waals surface area contributed by atoms with Crippen molar-refractivity contribution in [1.82, 2.24) is 10.4 Å². The average molecular weight is 320 g/mol. The molecule has 0 aromatic rings. The molecule has 0 rings (SSSR count). The first kappa shape index (κ1) is 19.8. The lowest BCUT2D eigenvalue weighted by Crippen LogP contribution is -2.53.